The first-order valence-electron chi connectivity index (χ1n) is 5.27. The van der Waals surface area contributed by atoms with E-state index in [-0.39, 0.29) is 24.2 Å². The van der Waals surface area contributed by atoms with Crippen LogP contribution in [-0.4, -0.2) is 25.8 Å². The van der Waals surface area contributed by atoms with E-state index in [1.54, 1.807) is 11.8 Å². The van der Waals surface area contributed by atoms with Crippen LogP contribution in [-0.2, 0) is 4.79 Å². The Hall–Kier alpha value is -0.710. The van der Waals surface area contributed by atoms with E-state index in [1.807, 2.05) is 44.5 Å². The number of hydrogen-bond donors (Lipinski definition) is 2. The monoisotopic (exact) mass is 274 g/mol. The fourth-order valence-electron chi connectivity index (χ4n) is 1.37. The van der Waals surface area contributed by atoms with Crippen LogP contribution in [0, 0.1) is 5.92 Å². The van der Waals surface area contributed by atoms with E-state index < -0.39 is 0 Å². The summed E-state index contributed by atoms with van der Waals surface area (Å²) in [5, 5.41) is 5.90. The van der Waals surface area contributed by atoms with Gasteiger partial charge in [-0.25, -0.2) is 0 Å². The first-order valence-corrected chi connectivity index (χ1v) is 6.49. The molecule has 2 N–H and O–H groups in total. The second-order valence-corrected chi connectivity index (χ2v) is 4.56. The minimum Gasteiger partial charge on any atom is -0.326 e. The molecule has 1 aromatic carbocycles. The van der Waals surface area contributed by atoms with Crippen LogP contribution in [0.2, 0.25) is 0 Å². The number of carbonyl (C=O) groups is 1. The Bertz CT molecular complexity index is 360. The molecule has 0 aliphatic rings. The number of thioether (sulfide) groups is 1. The minimum absolute atomic E-state index is 0. The Kier molecular flexibility index (Phi) is 8.04. The lowest BCUT2D eigenvalue weighted by atomic mass is 10.1. The zero-order valence-electron chi connectivity index (χ0n) is 10.3. The molecule has 0 bridgehead atoms. The van der Waals surface area contributed by atoms with Gasteiger partial charge < -0.3 is 10.6 Å². The number of amides is 1. The van der Waals surface area contributed by atoms with Gasteiger partial charge in [0.05, 0.1) is 0 Å². The lowest BCUT2D eigenvalue weighted by Gasteiger charge is -2.11. The van der Waals surface area contributed by atoms with E-state index in [0.29, 0.717) is 6.54 Å². The van der Waals surface area contributed by atoms with Crippen molar-refractivity contribution >= 4 is 35.8 Å². The van der Waals surface area contributed by atoms with Crippen LogP contribution in [0.15, 0.2) is 29.2 Å². The molecule has 0 spiro atoms. The topological polar surface area (TPSA) is 41.1 Å². The van der Waals surface area contributed by atoms with Crippen molar-refractivity contribution < 1.29 is 4.79 Å². The Morgan fingerprint density at radius 2 is 2.18 bits per heavy atom. The van der Waals surface area contributed by atoms with Crippen molar-refractivity contribution in [2.45, 2.75) is 11.8 Å². The van der Waals surface area contributed by atoms with Crippen LogP contribution in [0.4, 0.5) is 5.69 Å². The Morgan fingerprint density at radius 1 is 1.47 bits per heavy atom. The third-order valence-corrected chi connectivity index (χ3v) is 3.02. The zero-order chi connectivity index (χ0) is 12.0. The van der Waals surface area contributed by atoms with Gasteiger partial charge in [-0.2, -0.15) is 0 Å². The van der Waals surface area contributed by atoms with Crippen LogP contribution in [0.1, 0.15) is 6.92 Å². The number of rotatable bonds is 5. The molecule has 0 aliphatic heterocycles. The van der Waals surface area contributed by atoms with Crippen molar-refractivity contribution in [1.82, 2.24) is 5.32 Å². The fraction of sp³-hybridized carbons (Fsp3) is 0.417. The summed E-state index contributed by atoms with van der Waals surface area (Å²) >= 11 is 1.67. The predicted molar refractivity (Wildman–Crippen MR) is 77.2 cm³/mol. The van der Waals surface area contributed by atoms with Gasteiger partial charge in [0.1, 0.15) is 0 Å². The van der Waals surface area contributed by atoms with E-state index in [4.69, 9.17) is 0 Å². The summed E-state index contributed by atoms with van der Waals surface area (Å²) in [7, 11) is 1.85. The molecule has 1 amide bonds. The lowest BCUT2D eigenvalue weighted by Crippen LogP contribution is -2.28. The second kappa shape index (κ2) is 8.39. The molecule has 1 aromatic rings. The SMILES string of the molecule is CNCC(C)C(=O)Nc1cccc(SC)c1.Cl. The number of nitrogens with one attached hydrogen (secondary N) is 2. The van der Waals surface area contributed by atoms with E-state index in [0.717, 1.165) is 10.6 Å². The summed E-state index contributed by atoms with van der Waals surface area (Å²) in [6.07, 6.45) is 2.02. The highest BCUT2D eigenvalue weighted by atomic mass is 35.5. The number of carbonyl (C=O) groups excluding carboxylic acids is 1. The standard InChI is InChI=1S/C12H18N2OS.ClH/c1-9(8-13-2)12(15)14-10-5-4-6-11(7-10)16-3;/h4-7,9,13H,8H2,1-3H3,(H,14,15);1H. The van der Waals surface area contributed by atoms with E-state index in [9.17, 15) is 4.79 Å². The van der Waals surface area contributed by atoms with Gasteiger partial charge in [0.25, 0.3) is 0 Å². The summed E-state index contributed by atoms with van der Waals surface area (Å²) in [6.45, 7) is 2.60. The van der Waals surface area contributed by atoms with E-state index in [2.05, 4.69) is 10.6 Å². The molecule has 5 heteroatoms. The molecule has 17 heavy (non-hydrogen) atoms. The lowest BCUT2D eigenvalue weighted by molar-refractivity contribution is -0.119. The average Bonchev–Trinajstić information content (AvgIpc) is 2.29. The molecule has 0 aromatic heterocycles. The predicted octanol–water partition coefficient (Wildman–Crippen LogP) is 2.62. The maximum Gasteiger partial charge on any atom is 0.228 e. The molecule has 0 saturated heterocycles. The highest BCUT2D eigenvalue weighted by molar-refractivity contribution is 7.98. The van der Waals surface area contributed by atoms with Gasteiger partial charge in [0, 0.05) is 23.0 Å². The fourth-order valence-corrected chi connectivity index (χ4v) is 1.82. The highest BCUT2D eigenvalue weighted by Gasteiger charge is 2.11. The zero-order valence-corrected chi connectivity index (χ0v) is 12.0. The average molecular weight is 275 g/mol. The van der Waals surface area contributed by atoms with Crippen LogP contribution < -0.4 is 10.6 Å². The van der Waals surface area contributed by atoms with E-state index >= 15 is 0 Å². The largest absolute Gasteiger partial charge is 0.326 e. The van der Waals surface area contributed by atoms with Gasteiger partial charge >= 0.3 is 0 Å². The molecule has 1 unspecified atom stereocenters. The maximum absolute atomic E-state index is 11.7. The normalized spacial score (nSPS) is 11.5. The molecular weight excluding hydrogens is 256 g/mol. The number of halogens is 1. The highest BCUT2D eigenvalue weighted by Crippen LogP contribution is 2.19. The molecule has 0 aliphatic carbocycles. The minimum atomic E-state index is -0.0251. The van der Waals surface area contributed by atoms with Crippen molar-refractivity contribution in [3.8, 4) is 0 Å². The number of benzene rings is 1. The van der Waals surface area contributed by atoms with Crippen molar-refractivity contribution in [3.05, 3.63) is 24.3 Å². The number of anilines is 1. The van der Waals surface area contributed by atoms with Gasteiger partial charge in [0.15, 0.2) is 0 Å². The Balaban J connectivity index is 0.00000256. The van der Waals surface area contributed by atoms with Crippen LogP contribution in [0.3, 0.4) is 0 Å². The molecular formula is C12H19ClN2OS. The van der Waals surface area contributed by atoms with Crippen LogP contribution >= 0.6 is 24.2 Å². The van der Waals surface area contributed by atoms with Gasteiger partial charge in [-0.15, -0.1) is 24.2 Å². The molecule has 96 valence electrons. The van der Waals surface area contributed by atoms with E-state index in [1.165, 1.54) is 0 Å². The third kappa shape index (κ3) is 5.44. The first-order chi connectivity index (χ1) is 7.67. The summed E-state index contributed by atoms with van der Waals surface area (Å²) in [5.41, 5.74) is 0.861. The summed E-state index contributed by atoms with van der Waals surface area (Å²) in [4.78, 5) is 12.9. The molecule has 1 atom stereocenters. The van der Waals surface area contributed by atoms with Crippen molar-refractivity contribution in [3.63, 3.8) is 0 Å². The Labute approximate surface area is 113 Å². The molecule has 0 heterocycles. The Morgan fingerprint density at radius 3 is 2.76 bits per heavy atom. The summed E-state index contributed by atoms with van der Waals surface area (Å²) in [5.74, 6) is 0.0236. The third-order valence-electron chi connectivity index (χ3n) is 2.30. The smallest absolute Gasteiger partial charge is 0.228 e. The quantitative estimate of drug-likeness (QED) is 0.811. The van der Waals surface area contributed by atoms with Crippen molar-refractivity contribution in [1.29, 1.82) is 0 Å². The van der Waals surface area contributed by atoms with Crippen molar-refractivity contribution in [2.24, 2.45) is 5.92 Å². The second-order valence-electron chi connectivity index (χ2n) is 3.68. The number of hydrogen-bond acceptors (Lipinski definition) is 3. The summed E-state index contributed by atoms with van der Waals surface area (Å²) in [6, 6.07) is 7.86. The van der Waals surface area contributed by atoms with Crippen molar-refractivity contribution in [2.75, 3.05) is 25.2 Å². The molecule has 0 radical (unpaired) electrons. The first kappa shape index (κ1) is 16.3. The molecule has 0 saturated carbocycles. The van der Waals surface area contributed by atoms with Gasteiger partial charge in [-0.3, -0.25) is 4.79 Å². The van der Waals surface area contributed by atoms with Gasteiger partial charge in [0.2, 0.25) is 5.91 Å². The molecule has 1 rings (SSSR count). The van der Waals surface area contributed by atoms with Crippen LogP contribution in [0.5, 0.6) is 0 Å². The molecule has 3 nitrogen and oxygen atoms in total. The summed E-state index contributed by atoms with van der Waals surface area (Å²) < 4.78 is 0. The van der Waals surface area contributed by atoms with Gasteiger partial charge in [-0.1, -0.05) is 13.0 Å². The van der Waals surface area contributed by atoms with Crippen LogP contribution in [0.25, 0.3) is 0 Å². The van der Waals surface area contributed by atoms with Gasteiger partial charge in [-0.05, 0) is 31.5 Å². The maximum atomic E-state index is 11.7. The molecule has 0 fully saturated rings.